The number of rotatable bonds is 5. The number of piperidine rings is 1. The normalized spacial score (nSPS) is 21.4. The first kappa shape index (κ1) is 20.5. The van der Waals surface area contributed by atoms with Crippen LogP contribution in [0.1, 0.15) is 75.8 Å². The molecule has 3 rings (SSSR count). The monoisotopic (exact) mass is 344 g/mol. The lowest BCUT2D eigenvalue weighted by molar-refractivity contribution is 0.164. The maximum Gasteiger partial charge on any atom is 0.00884 e. The molecule has 142 valence electrons. The van der Waals surface area contributed by atoms with E-state index in [9.17, 15) is 0 Å². The van der Waals surface area contributed by atoms with E-state index in [2.05, 4.69) is 48.5 Å². The summed E-state index contributed by atoms with van der Waals surface area (Å²) < 4.78 is 0. The molecule has 2 nitrogen and oxygen atoms in total. The van der Waals surface area contributed by atoms with Crippen LogP contribution in [0.3, 0.4) is 0 Å². The number of benzene rings is 1. The van der Waals surface area contributed by atoms with Crippen LogP contribution in [0.5, 0.6) is 0 Å². The van der Waals surface area contributed by atoms with Crippen molar-refractivity contribution in [1.82, 2.24) is 10.2 Å². The number of hydrogen-bond donors (Lipinski definition) is 1. The predicted molar refractivity (Wildman–Crippen MR) is 110 cm³/mol. The van der Waals surface area contributed by atoms with E-state index in [-0.39, 0.29) is 0 Å². The SMILES string of the molecule is CC.CNC1CCN(CC(c2cccc(C)c2)C2CCCCC2)CC1. The average Bonchev–Trinajstić information content (AvgIpc) is 2.69. The molecule has 0 bridgehead atoms. The first-order valence-electron chi connectivity index (χ1n) is 10.7. The lowest BCUT2D eigenvalue weighted by Crippen LogP contribution is -2.43. The van der Waals surface area contributed by atoms with Crippen LogP contribution in [-0.2, 0) is 0 Å². The van der Waals surface area contributed by atoms with Gasteiger partial charge >= 0.3 is 0 Å². The summed E-state index contributed by atoms with van der Waals surface area (Å²) in [6.45, 7) is 10.0. The molecular weight excluding hydrogens is 304 g/mol. The molecule has 1 saturated heterocycles. The maximum atomic E-state index is 3.45. The summed E-state index contributed by atoms with van der Waals surface area (Å²) >= 11 is 0. The Hall–Kier alpha value is -0.860. The lowest BCUT2D eigenvalue weighted by Gasteiger charge is -2.38. The fourth-order valence-corrected chi connectivity index (χ4v) is 4.65. The van der Waals surface area contributed by atoms with Crippen molar-refractivity contribution in [2.24, 2.45) is 5.92 Å². The van der Waals surface area contributed by atoms with Gasteiger partial charge in [0.05, 0.1) is 0 Å². The summed E-state index contributed by atoms with van der Waals surface area (Å²) in [5.74, 6) is 1.63. The highest BCUT2D eigenvalue weighted by Gasteiger charge is 2.28. The minimum atomic E-state index is 0.735. The van der Waals surface area contributed by atoms with Gasteiger partial charge in [-0.1, -0.05) is 62.9 Å². The molecule has 2 aliphatic rings. The van der Waals surface area contributed by atoms with Crippen LogP contribution in [0, 0.1) is 12.8 Å². The van der Waals surface area contributed by atoms with Crippen molar-refractivity contribution >= 4 is 0 Å². The first-order chi connectivity index (χ1) is 12.3. The van der Waals surface area contributed by atoms with E-state index in [0.717, 1.165) is 17.9 Å². The number of hydrogen-bond acceptors (Lipinski definition) is 2. The Balaban J connectivity index is 0.00000109. The van der Waals surface area contributed by atoms with E-state index >= 15 is 0 Å². The van der Waals surface area contributed by atoms with Gasteiger partial charge < -0.3 is 10.2 Å². The molecule has 1 aromatic carbocycles. The number of aryl methyl sites for hydroxylation is 1. The van der Waals surface area contributed by atoms with Crippen molar-refractivity contribution in [2.45, 2.75) is 77.7 Å². The number of nitrogens with zero attached hydrogens (tertiary/aromatic N) is 1. The van der Waals surface area contributed by atoms with Gasteiger partial charge in [-0.25, -0.2) is 0 Å². The second-order valence-corrected chi connectivity index (χ2v) is 7.78. The highest BCUT2D eigenvalue weighted by atomic mass is 15.1. The maximum absolute atomic E-state index is 3.45. The van der Waals surface area contributed by atoms with Crippen LogP contribution in [0.25, 0.3) is 0 Å². The third kappa shape index (κ3) is 6.11. The molecule has 1 aliphatic carbocycles. The highest BCUT2D eigenvalue weighted by molar-refractivity contribution is 5.26. The first-order valence-corrected chi connectivity index (χ1v) is 10.7. The van der Waals surface area contributed by atoms with Crippen molar-refractivity contribution in [2.75, 3.05) is 26.7 Å². The molecule has 1 aromatic rings. The zero-order valence-corrected chi connectivity index (χ0v) is 17.1. The molecular formula is C23H40N2. The van der Waals surface area contributed by atoms with Crippen molar-refractivity contribution in [1.29, 1.82) is 0 Å². The molecule has 0 amide bonds. The van der Waals surface area contributed by atoms with Crippen molar-refractivity contribution in [3.63, 3.8) is 0 Å². The molecule has 1 unspecified atom stereocenters. The smallest absolute Gasteiger partial charge is 0.00884 e. The number of nitrogens with one attached hydrogen (secondary N) is 1. The summed E-state index contributed by atoms with van der Waals surface area (Å²) in [7, 11) is 2.11. The average molecular weight is 345 g/mol. The lowest BCUT2D eigenvalue weighted by atomic mass is 9.76. The van der Waals surface area contributed by atoms with Gasteiger partial charge in [0.15, 0.2) is 0 Å². The quantitative estimate of drug-likeness (QED) is 0.772. The molecule has 1 atom stereocenters. The Morgan fingerprint density at radius 3 is 2.32 bits per heavy atom. The van der Waals surface area contributed by atoms with E-state index in [0.29, 0.717) is 0 Å². The summed E-state index contributed by atoms with van der Waals surface area (Å²) in [5.41, 5.74) is 3.00. The largest absolute Gasteiger partial charge is 0.317 e. The van der Waals surface area contributed by atoms with Gasteiger partial charge in [-0.15, -0.1) is 0 Å². The van der Waals surface area contributed by atoms with Gasteiger partial charge in [0.25, 0.3) is 0 Å². The summed E-state index contributed by atoms with van der Waals surface area (Å²) in [6.07, 6.45) is 9.81. The molecule has 0 radical (unpaired) electrons. The molecule has 1 aliphatic heterocycles. The Kier molecular flexibility index (Phi) is 8.98. The highest BCUT2D eigenvalue weighted by Crippen LogP contribution is 2.37. The zero-order chi connectivity index (χ0) is 18.1. The van der Waals surface area contributed by atoms with Crippen LogP contribution in [-0.4, -0.2) is 37.6 Å². The van der Waals surface area contributed by atoms with E-state index in [4.69, 9.17) is 0 Å². The van der Waals surface area contributed by atoms with Crippen molar-refractivity contribution in [3.8, 4) is 0 Å². The third-order valence-corrected chi connectivity index (χ3v) is 6.14. The predicted octanol–water partition coefficient (Wildman–Crippen LogP) is 5.37. The van der Waals surface area contributed by atoms with Crippen molar-refractivity contribution < 1.29 is 0 Å². The summed E-state index contributed by atoms with van der Waals surface area (Å²) in [6, 6.07) is 10.1. The summed E-state index contributed by atoms with van der Waals surface area (Å²) in [5, 5.41) is 3.45. The second kappa shape index (κ2) is 11.0. The third-order valence-electron chi connectivity index (χ3n) is 6.14. The molecule has 2 fully saturated rings. The standard InChI is InChI=1S/C21H34N2.C2H6/c1-17-7-6-10-19(15-17)21(18-8-4-3-5-9-18)16-23-13-11-20(22-2)12-14-23;1-2/h6-7,10,15,18,20-22H,3-5,8-9,11-14,16H2,1-2H3;1-2H3. The van der Waals surface area contributed by atoms with Crippen LogP contribution in [0.2, 0.25) is 0 Å². The minimum Gasteiger partial charge on any atom is -0.317 e. The molecule has 2 heteroatoms. The number of likely N-dealkylation sites (tertiary alicyclic amines) is 1. The van der Waals surface area contributed by atoms with Gasteiger partial charge in [0, 0.05) is 12.6 Å². The van der Waals surface area contributed by atoms with Crippen LogP contribution >= 0.6 is 0 Å². The van der Waals surface area contributed by atoms with Crippen LogP contribution in [0.4, 0.5) is 0 Å². The van der Waals surface area contributed by atoms with Gasteiger partial charge in [0.1, 0.15) is 0 Å². The Morgan fingerprint density at radius 1 is 1.04 bits per heavy atom. The van der Waals surface area contributed by atoms with Gasteiger partial charge in [-0.2, -0.15) is 0 Å². The molecule has 0 aromatic heterocycles. The minimum absolute atomic E-state index is 0.735. The summed E-state index contributed by atoms with van der Waals surface area (Å²) in [4.78, 5) is 2.73. The van der Waals surface area contributed by atoms with Crippen LogP contribution in [0.15, 0.2) is 24.3 Å². The zero-order valence-electron chi connectivity index (χ0n) is 17.1. The van der Waals surface area contributed by atoms with E-state index in [1.165, 1.54) is 70.1 Å². The molecule has 1 heterocycles. The Morgan fingerprint density at radius 2 is 1.72 bits per heavy atom. The fourth-order valence-electron chi connectivity index (χ4n) is 4.65. The molecule has 1 saturated carbocycles. The van der Waals surface area contributed by atoms with E-state index in [1.54, 1.807) is 5.56 Å². The molecule has 0 spiro atoms. The Bertz CT molecular complexity index is 471. The second-order valence-electron chi connectivity index (χ2n) is 7.78. The van der Waals surface area contributed by atoms with Crippen molar-refractivity contribution in [3.05, 3.63) is 35.4 Å². The van der Waals surface area contributed by atoms with Crippen LogP contribution < -0.4 is 5.32 Å². The fraction of sp³-hybridized carbons (Fsp3) is 0.739. The van der Waals surface area contributed by atoms with Gasteiger partial charge in [-0.05, 0) is 70.1 Å². The van der Waals surface area contributed by atoms with E-state index < -0.39 is 0 Å². The Labute approximate surface area is 156 Å². The van der Waals surface area contributed by atoms with E-state index in [1.807, 2.05) is 13.8 Å². The topological polar surface area (TPSA) is 15.3 Å². The van der Waals surface area contributed by atoms with Gasteiger partial charge in [0.2, 0.25) is 0 Å². The molecule has 25 heavy (non-hydrogen) atoms. The molecule has 1 N–H and O–H groups in total. The van der Waals surface area contributed by atoms with Gasteiger partial charge in [-0.3, -0.25) is 0 Å².